The zero-order chi connectivity index (χ0) is 39.4. The normalized spacial score (nSPS) is 11.9. The van der Waals surface area contributed by atoms with E-state index < -0.39 is 11.8 Å². The van der Waals surface area contributed by atoms with Crippen LogP contribution < -0.4 is 55.3 Å². The third kappa shape index (κ3) is 12.2. The van der Waals surface area contributed by atoms with Crippen LogP contribution in [0.3, 0.4) is 0 Å². The van der Waals surface area contributed by atoms with Crippen LogP contribution in [0.4, 0.5) is 11.4 Å². The van der Waals surface area contributed by atoms with Crippen molar-refractivity contribution >= 4 is 81.5 Å². The van der Waals surface area contributed by atoms with Gasteiger partial charge in [0.1, 0.15) is 0 Å². The standard InChI is InChI=1S/C32H39ClN18O2/c1-14(44-48-29(34)35)19-7-20(15(2)45-49-30(36)37)10-23(9-19)42-27(52)18-5-6-26(33)25(13-18)28(53)43-24-11-21(16(3)46-50-31(38)39)8-22(12-24)17(4)47-51-32(40)41/h5-13H,1-4H3,(H,42,52)(H,43,53)(H4,34,35,48)(H4,36,37,49)(H4,38,39,50)(H4,40,41,51)/b44-14-,45-15-,46-16-,47-17+. The predicted molar refractivity (Wildman–Crippen MR) is 209 cm³/mol. The Morgan fingerprint density at radius 3 is 1.15 bits per heavy atom. The van der Waals surface area contributed by atoms with Crippen molar-refractivity contribution < 1.29 is 9.59 Å². The number of nitrogens with zero attached hydrogens (tertiary/aromatic N) is 4. The fourth-order valence-corrected chi connectivity index (χ4v) is 4.52. The molecule has 0 heterocycles. The number of nitrogens with two attached hydrogens (primary N) is 4. The van der Waals surface area contributed by atoms with Gasteiger partial charge in [-0.05, 0) is 82.3 Å². The molecule has 2 amide bonds. The first-order chi connectivity index (χ1) is 24.9. The van der Waals surface area contributed by atoms with Gasteiger partial charge in [-0.15, -0.1) is 0 Å². The van der Waals surface area contributed by atoms with Crippen LogP contribution in [0, 0.1) is 21.6 Å². The lowest BCUT2D eigenvalue weighted by Crippen LogP contribution is -2.27. The highest BCUT2D eigenvalue weighted by atomic mass is 35.5. The average molecular weight is 743 g/mol. The maximum atomic E-state index is 13.6. The molecule has 0 saturated heterocycles. The van der Waals surface area contributed by atoms with Gasteiger partial charge in [-0.2, -0.15) is 20.4 Å². The summed E-state index contributed by atoms with van der Waals surface area (Å²) in [6.07, 6.45) is 0. The molecule has 0 aromatic heterocycles. The SMILES string of the molecule is C/C(=N/NC(=N)N)c1cc(NC(=O)c2ccc(Cl)c(C(=O)Nc3cc(/C(C)=N\NC(=N)N)cc(/C(C)=N/NC(=N)N)c3)c2)cc(/C(C)=N\NC(=N)N)c1. The monoisotopic (exact) mass is 742 g/mol. The molecule has 0 aliphatic rings. The minimum Gasteiger partial charge on any atom is -0.369 e. The molecule has 0 aliphatic carbocycles. The lowest BCUT2D eigenvalue weighted by atomic mass is 10.0. The van der Waals surface area contributed by atoms with E-state index in [1.807, 2.05) is 0 Å². The molecule has 0 radical (unpaired) electrons. The Labute approximate surface area is 308 Å². The number of rotatable bonds is 12. The number of hydrogen-bond donors (Lipinski definition) is 14. The van der Waals surface area contributed by atoms with Gasteiger partial charge in [-0.3, -0.25) is 31.2 Å². The summed E-state index contributed by atoms with van der Waals surface area (Å²) in [7, 11) is 0. The summed E-state index contributed by atoms with van der Waals surface area (Å²) >= 11 is 6.45. The topological polar surface area (TPSA) is 355 Å². The van der Waals surface area contributed by atoms with E-state index in [0.29, 0.717) is 56.5 Å². The maximum Gasteiger partial charge on any atom is 0.257 e. The van der Waals surface area contributed by atoms with Crippen LogP contribution in [0.1, 0.15) is 70.7 Å². The van der Waals surface area contributed by atoms with Crippen LogP contribution in [0.2, 0.25) is 5.02 Å². The fourth-order valence-electron chi connectivity index (χ4n) is 4.31. The second kappa shape index (κ2) is 18.1. The van der Waals surface area contributed by atoms with Crippen LogP contribution in [-0.4, -0.2) is 58.5 Å². The molecule has 21 heteroatoms. The van der Waals surface area contributed by atoms with E-state index in [1.165, 1.54) is 18.2 Å². The van der Waals surface area contributed by atoms with E-state index in [1.54, 1.807) is 64.1 Å². The first-order valence-corrected chi connectivity index (χ1v) is 15.6. The summed E-state index contributed by atoms with van der Waals surface area (Å²) in [5.74, 6) is -2.71. The van der Waals surface area contributed by atoms with Gasteiger partial charge >= 0.3 is 0 Å². The van der Waals surface area contributed by atoms with E-state index in [-0.39, 0.29) is 40.0 Å². The fraction of sp³-hybridized carbons (Fsp3) is 0.125. The lowest BCUT2D eigenvalue weighted by Gasteiger charge is -2.14. The van der Waals surface area contributed by atoms with Crippen LogP contribution >= 0.6 is 11.6 Å². The summed E-state index contributed by atoms with van der Waals surface area (Å²) < 4.78 is 0. The van der Waals surface area contributed by atoms with Gasteiger partial charge in [0.25, 0.3) is 11.8 Å². The zero-order valence-electron chi connectivity index (χ0n) is 29.0. The molecule has 0 saturated carbocycles. The Balaban J connectivity index is 1.99. The average Bonchev–Trinajstić information content (AvgIpc) is 3.10. The van der Waals surface area contributed by atoms with Crippen molar-refractivity contribution in [2.24, 2.45) is 43.3 Å². The van der Waals surface area contributed by atoms with Crippen molar-refractivity contribution in [3.63, 3.8) is 0 Å². The van der Waals surface area contributed by atoms with E-state index in [2.05, 4.69) is 52.7 Å². The maximum absolute atomic E-state index is 13.6. The Bertz CT molecular complexity index is 2000. The molecule has 0 aliphatic heterocycles. The minimum atomic E-state index is -0.639. The molecule has 0 bridgehead atoms. The first-order valence-electron chi connectivity index (χ1n) is 15.2. The van der Waals surface area contributed by atoms with Crippen molar-refractivity contribution in [1.29, 1.82) is 21.6 Å². The smallest absolute Gasteiger partial charge is 0.257 e. The van der Waals surface area contributed by atoms with Crippen molar-refractivity contribution in [3.05, 3.63) is 93.0 Å². The first kappa shape index (κ1) is 40.1. The minimum absolute atomic E-state index is 0.00968. The number of hydrogen-bond acceptors (Lipinski definition) is 10. The Morgan fingerprint density at radius 1 is 0.509 bits per heavy atom. The van der Waals surface area contributed by atoms with Gasteiger partial charge in [0, 0.05) is 39.2 Å². The number of carbonyl (C=O) groups is 2. The summed E-state index contributed by atoms with van der Waals surface area (Å²) in [6.45, 7) is 6.65. The van der Waals surface area contributed by atoms with Crippen molar-refractivity contribution in [2.75, 3.05) is 10.6 Å². The van der Waals surface area contributed by atoms with Gasteiger partial charge in [-0.1, -0.05) is 11.6 Å². The number of halogens is 1. The number of hydrazone groups is 4. The van der Waals surface area contributed by atoms with Crippen molar-refractivity contribution in [1.82, 2.24) is 21.7 Å². The number of anilines is 2. The van der Waals surface area contributed by atoms with Gasteiger partial charge in [-0.25, -0.2) is 21.7 Å². The second-order valence-corrected chi connectivity index (χ2v) is 11.5. The molecule has 0 unspecified atom stereocenters. The number of benzene rings is 3. The Kier molecular flexibility index (Phi) is 13.7. The molecule has 53 heavy (non-hydrogen) atoms. The number of carbonyl (C=O) groups excluding carboxylic acids is 2. The molecule has 20 nitrogen and oxygen atoms in total. The molecule has 3 rings (SSSR count). The number of guanidine groups is 4. The molecular formula is C32H39ClN18O2. The highest BCUT2D eigenvalue weighted by Gasteiger charge is 2.18. The summed E-state index contributed by atoms with van der Waals surface area (Å²) in [5.41, 5.74) is 35.5. The molecule has 0 fully saturated rings. The molecule has 0 atom stereocenters. The van der Waals surface area contributed by atoms with Crippen LogP contribution in [0.15, 0.2) is 75.0 Å². The quantitative estimate of drug-likeness (QED) is 0.0723. The highest BCUT2D eigenvalue weighted by Crippen LogP contribution is 2.24. The van der Waals surface area contributed by atoms with Gasteiger partial charge < -0.3 is 33.6 Å². The van der Waals surface area contributed by atoms with E-state index in [4.69, 9.17) is 56.2 Å². The highest BCUT2D eigenvalue weighted by molar-refractivity contribution is 6.34. The second-order valence-electron chi connectivity index (χ2n) is 11.1. The largest absolute Gasteiger partial charge is 0.369 e. The zero-order valence-corrected chi connectivity index (χ0v) is 29.7. The predicted octanol–water partition coefficient (Wildman–Crippen LogP) is 1.67. The van der Waals surface area contributed by atoms with Gasteiger partial charge in [0.2, 0.25) is 23.8 Å². The van der Waals surface area contributed by atoms with Gasteiger partial charge in [0.15, 0.2) is 0 Å². The van der Waals surface area contributed by atoms with E-state index in [0.717, 1.165) is 0 Å². The van der Waals surface area contributed by atoms with E-state index >= 15 is 0 Å². The van der Waals surface area contributed by atoms with Crippen molar-refractivity contribution in [2.45, 2.75) is 27.7 Å². The third-order valence-electron chi connectivity index (χ3n) is 6.90. The van der Waals surface area contributed by atoms with Crippen LogP contribution in [-0.2, 0) is 0 Å². The third-order valence-corrected chi connectivity index (χ3v) is 7.23. The Hall–Kier alpha value is -7.35. The molecule has 3 aromatic rings. The number of nitrogens with one attached hydrogen (secondary N) is 10. The Morgan fingerprint density at radius 2 is 0.830 bits per heavy atom. The van der Waals surface area contributed by atoms with Crippen molar-refractivity contribution in [3.8, 4) is 0 Å². The van der Waals surface area contributed by atoms with Gasteiger partial charge in [0.05, 0.1) is 33.4 Å². The molecule has 3 aromatic carbocycles. The van der Waals surface area contributed by atoms with Crippen LogP contribution in [0.25, 0.3) is 0 Å². The molecule has 276 valence electrons. The van der Waals surface area contributed by atoms with Crippen LogP contribution in [0.5, 0.6) is 0 Å². The summed E-state index contributed by atoms with van der Waals surface area (Å²) in [6, 6.07) is 14.2. The molecule has 18 N–H and O–H groups in total. The number of amides is 2. The molecular weight excluding hydrogens is 704 g/mol. The molecule has 0 spiro atoms. The van der Waals surface area contributed by atoms with E-state index in [9.17, 15) is 9.59 Å². The summed E-state index contributed by atoms with van der Waals surface area (Å²) in [4.78, 5) is 27.2. The lowest BCUT2D eigenvalue weighted by molar-refractivity contribution is 0.102. The summed E-state index contributed by atoms with van der Waals surface area (Å²) in [5, 5.41) is 51.5.